The lowest BCUT2D eigenvalue weighted by atomic mass is 9.98. The first-order valence-corrected chi connectivity index (χ1v) is 11.8. The van der Waals surface area contributed by atoms with Gasteiger partial charge >= 0.3 is 11.8 Å². The predicted molar refractivity (Wildman–Crippen MR) is 131 cm³/mol. The lowest BCUT2D eigenvalue weighted by Crippen LogP contribution is -2.43. The van der Waals surface area contributed by atoms with Gasteiger partial charge < -0.3 is 20.3 Å². The number of likely N-dealkylation sites (tertiary alicyclic amines) is 1. The molecule has 7 nitrogen and oxygen atoms in total. The van der Waals surface area contributed by atoms with E-state index in [9.17, 15) is 9.59 Å². The lowest BCUT2D eigenvalue weighted by molar-refractivity contribution is -0.136. The SMILES string of the molecule is COc1ccc(NC(=O)C(=O)NC[C@H](c2ccc3c(c2)CCN3C)N2CCCCC2)cc1Cl. The van der Waals surface area contributed by atoms with Crippen LogP contribution in [0, 0.1) is 0 Å². The maximum absolute atomic E-state index is 12.6. The first-order valence-electron chi connectivity index (χ1n) is 11.5. The molecule has 1 saturated heterocycles. The number of amides is 2. The molecule has 0 aromatic heterocycles. The highest BCUT2D eigenvalue weighted by Gasteiger charge is 2.26. The molecule has 0 bridgehead atoms. The van der Waals surface area contributed by atoms with E-state index in [1.807, 2.05) is 0 Å². The molecule has 2 heterocycles. The fraction of sp³-hybridized carbons (Fsp3) is 0.440. The summed E-state index contributed by atoms with van der Waals surface area (Å²) in [5, 5.41) is 5.82. The summed E-state index contributed by atoms with van der Waals surface area (Å²) < 4.78 is 5.12. The van der Waals surface area contributed by atoms with Gasteiger partial charge in [-0.15, -0.1) is 0 Å². The number of hydrogen-bond acceptors (Lipinski definition) is 5. The highest BCUT2D eigenvalue weighted by atomic mass is 35.5. The average molecular weight is 471 g/mol. The number of piperidine rings is 1. The number of halogens is 1. The van der Waals surface area contributed by atoms with Crippen molar-refractivity contribution in [3.8, 4) is 5.75 Å². The Labute approximate surface area is 200 Å². The summed E-state index contributed by atoms with van der Waals surface area (Å²) in [6.45, 7) is 3.39. The highest BCUT2D eigenvalue weighted by Crippen LogP contribution is 2.32. The molecule has 176 valence electrons. The van der Waals surface area contributed by atoms with E-state index in [0.29, 0.717) is 23.0 Å². The van der Waals surface area contributed by atoms with Crippen LogP contribution in [-0.2, 0) is 16.0 Å². The topological polar surface area (TPSA) is 73.9 Å². The number of benzene rings is 2. The van der Waals surface area contributed by atoms with Gasteiger partial charge in [0.2, 0.25) is 0 Å². The zero-order chi connectivity index (χ0) is 23.4. The lowest BCUT2D eigenvalue weighted by Gasteiger charge is -2.35. The normalized spacial score (nSPS) is 16.8. The van der Waals surface area contributed by atoms with Crippen LogP contribution in [-0.4, -0.2) is 57.1 Å². The number of nitrogens with one attached hydrogen (secondary N) is 2. The monoisotopic (exact) mass is 470 g/mol. The largest absolute Gasteiger partial charge is 0.495 e. The number of fused-ring (bicyclic) bond motifs is 1. The number of ether oxygens (including phenoxy) is 1. The Hall–Kier alpha value is -2.77. The van der Waals surface area contributed by atoms with Crippen molar-refractivity contribution in [1.82, 2.24) is 10.2 Å². The molecule has 0 radical (unpaired) electrons. The number of anilines is 2. The molecule has 0 aliphatic carbocycles. The van der Waals surface area contributed by atoms with E-state index < -0.39 is 11.8 Å². The molecule has 0 saturated carbocycles. The molecule has 2 N–H and O–H groups in total. The van der Waals surface area contributed by atoms with Crippen LogP contribution in [0.3, 0.4) is 0 Å². The summed E-state index contributed by atoms with van der Waals surface area (Å²) in [4.78, 5) is 29.8. The van der Waals surface area contributed by atoms with Crippen molar-refractivity contribution in [2.45, 2.75) is 31.7 Å². The van der Waals surface area contributed by atoms with Crippen molar-refractivity contribution in [3.63, 3.8) is 0 Å². The molecule has 2 aliphatic rings. The van der Waals surface area contributed by atoms with Gasteiger partial charge in [-0.3, -0.25) is 14.5 Å². The van der Waals surface area contributed by atoms with Crippen LogP contribution in [0.2, 0.25) is 5.02 Å². The molecule has 2 aromatic carbocycles. The van der Waals surface area contributed by atoms with Gasteiger partial charge in [0.1, 0.15) is 5.75 Å². The summed E-state index contributed by atoms with van der Waals surface area (Å²) in [5.74, 6) is -0.877. The van der Waals surface area contributed by atoms with Crippen molar-refractivity contribution in [1.29, 1.82) is 0 Å². The maximum Gasteiger partial charge on any atom is 0.313 e. The maximum atomic E-state index is 12.6. The molecule has 0 spiro atoms. The number of carbonyl (C=O) groups excluding carboxylic acids is 2. The summed E-state index contributed by atoms with van der Waals surface area (Å²) >= 11 is 6.11. The summed E-state index contributed by atoms with van der Waals surface area (Å²) in [5.41, 5.74) is 4.25. The number of hydrogen-bond donors (Lipinski definition) is 2. The third-order valence-electron chi connectivity index (χ3n) is 6.52. The van der Waals surface area contributed by atoms with Gasteiger partial charge in [0.05, 0.1) is 18.2 Å². The molecular formula is C25H31ClN4O3. The first kappa shape index (κ1) is 23.4. The van der Waals surface area contributed by atoms with E-state index in [0.717, 1.165) is 38.9 Å². The fourth-order valence-electron chi connectivity index (χ4n) is 4.68. The van der Waals surface area contributed by atoms with E-state index in [-0.39, 0.29) is 6.04 Å². The second-order valence-electron chi connectivity index (χ2n) is 8.69. The number of carbonyl (C=O) groups is 2. The Morgan fingerprint density at radius 2 is 1.85 bits per heavy atom. The van der Waals surface area contributed by atoms with E-state index >= 15 is 0 Å². The van der Waals surface area contributed by atoms with Crippen molar-refractivity contribution in [2.24, 2.45) is 0 Å². The van der Waals surface area contributed by atoms with Crippen LogP contribution in [0.4, 0.5) is 11.4 Å². The van der Waals surface area contributed by atoms with E-state index in [2.05, 4.69) is 45.7 Å². The van der Waals surface area contributed by atoms with Crippen molar-refractivity contribution in [3.05, 3.63) is 52.5 Å². The Kier molecular flexibility index (Phi) is 7.40. The number of rotatable bonds is 6. The molecule has 2 aliphatic heterocycles. The molecule has 2 amide bonds. The summed E-state index contributed by atoms with van der Waals surface area (Å²) in [6, 6.07) is 11.5. The second kappa shape index (κ2) is 10.4. The summed E-state index contributed by atoms with van der Waals surface area (Å²) in [6.07, 6.45) is 4.57. The summed E-state index contributed by atoms with van der Waals surface area (Å²) in [7, 11) is 3.63. The van der Waals surface area contributed by atoms with Gasteiger partial charge in [0.25, 0.3) is 0 Å². The highest BCUT2D eigenvalue weighted by molar-refractivity contribution is 6.40. The van der Waals surface area contributed by atoms with Gasteiger partial charge in [-0.2, -0.15) is 0 Å². The van der Waals surface area contributed by atoms with Gasteiger partial charge in [0, 0.05) is 31.5 Å². The fourth-order valence-corrected chi connectivity index (χ4v) is 4.94. The number of likely N-dealkylation sites (N-methyl/N-ethyl adjacent to an activating group) is 1. The van der Waals surface area contributed by atoms with Crippen molar-refractivity contribution >= 4 is 34.8 Å². The Balaban J connectivity index is 1.43. The van der Waals surface area contributed by atoms with Gasteiger partial charge in [0.15, 0.2) is 0 Å². The van der Waals surface area contributed by atoms with Crippen molar-refractivity contribution < 1.29 is 14.3 Å². The Morgan fingerprint density at radius 3 is 2.58 bits per heavy atom. The van der Waals surface area contributed by atoms with Gasteiger partial charge in [-0.25, -0.2) is 0 Å². The third kappa shape index (κ3) is 5.42. The predicted octanol–water partition coefficient (Wildman–Crippen LogP) is 3.62. The van der Waals surface area contributed by atoms with Crippen LogP contribution < -0.4 is 20.3 Å². The molecule has 4 rings (SSSR count). The van der Waals surface area contributed by atoms with Gasteiger partial charge in [-0.1, -0.05) is 30.2 Å². The Morgan fingerprint density at radius 1 is 1.06 bits per heavy atom. The van der Waals surface area contributed by atoms with Crippen LogP contribution in [0.5, 0.6) is 5.75 Å². The minimum absolute atomic E-state index is 0.0358. The molecule has 1 atom stereocenters. The molecule has 33 heavy (non-hydrogen) atoms. The smallest absolute Gasteiger partial charge is 0.313 e. The standard InChI is InChI=1S/C25H31ClN4O3/c1-29-13-10-18-14-17(6-8-21(18)29)22(30-11-4-3-5-12-30)16-27-24(31)25(32)28-19-7-9-23(33-2)20(26)15-19/h6-9,14-15,22H,3-5,10-13,16H2,1-2H3,(H,27,31)(H,28,32)/t22-/m1/s1. The van der Waals surface area contributed by atoms with Crippen molar-refractivity contribution in [2.75, 3.05) is 50.6 Å². The number of methoxy groups -OCH3 is 1. The van der Waals surface area contributed by atoms with Crippen LogP contribution in [0.25, 0.3) is 0 Å². The Bertz CT molecular complexity index is 1020. The molecule has 0 unspecified atom stereocenters. The third-order valence-corrected chi connectivity index (χ3v) is 6.81. The zero-order valence-corrected chi connectivity index (χ0v) is 20.0. The quantitative estimate of drug-likeness (QED) is 0.631. The first-order chi connectivity index (χ1) is 16.0. The minimum Gasteiger partial charge on any atom is -0.495 e. The minimum atomic E-state index is -0.718. The van der Waals surface area contributed by atoms with Crippen LogP contribution in [0.15, 0.2) is 36.4 Å². The van der Waals surface area contributed by atoms with Crippen LogP contribution in [0.1, 0.15) is 36.4 Å². The second-order valence-corrected chi connectivity index (χ2v) is 9.09. The van der Waals surface area contributed by atoms with E-state index in [1.54, 1.807) is 18.2 Å². The molecule has 2 aromatic rings. The van der Waals surface area contributed by atoms with E-state index in [4.69, 9.17) is 16.3 Å². The molecule has 8 heteroatoms. The van der Waals surface area contributed by atoms with Gasteiger partial charge in [-0.05, 0) is 67.7 Å². The molecule has 1 fully saturated rings. The molecular weight excluding hydrogens is 440 g/mol. The number of nitrogens with zero attached hydrogens (tertiary/aromatic N) is 2. The average Bonchev–Trinajstić information content (AvgIpc) is 3.20. The zero-order valence-electron chi connectivity index (χ0n) is 19.2. The van der Waals surface area contributed by atoms with E-state index in [1.165, 1.54) is 30.3 Å². The van der Waals surface area contributed by atoms with Crippen LogP contribution >= 0.6 is 11.6 Å².